The van der Waals surface area contributed by atoms with E-state index in [-0.39, 0.29) is 0 Å². The van der Waals surface area contributed by atoms with E-state index < -0.39 is 12.1 Å². The molecule has 0 amide bonds. The third kappa shape index (κ3) is 4.02. The van der Waals surface area contributed by atoms with Gasteiger partial charge in [0.15, 0.2) is 6.10 Å². The number of aliphatic carboxylic acids is 1. The van der Waals surface area contributed by atoms with Crippen LogP contribution in [0.3, 0.4) is 0 Å². The molecule has 1 saturated heterocycles. The molecular formula is C14H19NO4. The number of aliphatic hydroxyl groups excluding tert-OH is 1. The summed E-state index contributed by atoms with van der Waals surface area (Å²) in [5, 5.41) is 18.1. The standard InChI is InChI=1S/C14H19NO4/c16-13(14(17)18)12-3-1-11(2-4-12)5-6-15-7-9-19-10-8-15/h1-4,13,16H,5-10H2,(H,17,18). The Balaban J connectivity index is 1.86. The summed E-state index contributed by atoms with van der Waals surface area (Å²) in [6, 6.07) is 7.10. The van der Waals surface area contributed by atoms with Crippen molar-refractivity contribution in [3.8, 4) is 0 Å². The number of carboxylic acids is 1. The molecule has 1 aromatic carbocycles. The number of morpholine rings is 1. The molecule has 0 aromatic heterocycles. The van der Waals surface area contributed by atoms with Crippen LogP contribution in [0.15, 0.2) is 24.3 Å². The minimum absolute atomic E-state index is 0.419. The van der Waals surface area contributed by atoms with Crippen molar-refractivity contribution in [1.29, 1.82) is 0 Å². The number of carboxylic acid groups (broad SMARTS) is 1. The van der Waals surface area contributed by atoms with Gasteiger partial charge in [0.1, 0.15) is 0 Å². The van der Waals surface area contributed by atoms with Crippen LogP contribution in [0.2, 0.25) is 0 Å². The van der Waals surface area contributed by atoms with E-state index >= 15 is 0 Å². The Labute approximate surface area is 112 Å². The highest BCUT2D eigenvalue weighted by molar-refractivity contribution is 5.73. The average molecular weight is 265 g/mol. The van der Waals surface area contributed by atoms with Crippen LogP contribution < -0.4 is 0 Å². The molecule has 0 radical (unpaired) electrons. The number of benzene rings is 1. The van der Waals surface area contributed by atoms with Crippen molar-refractivity contribution in [2.75, 3.05) is 32.8 Å². The van der Waals surface area contributed by atoms with Gasteiger partial charge in [0, 0.05) is 19.6 Å². The molecule has 0 bridgehead atoms. The molecule has 104 valence electrons. The van der Waals surface area contributed by atoms with Gasteiger partial charge in [0.2, 0.25) is 0 Å². The molecule has 1 fully saturated rings. The molecule has 1 aliphatic rings. The smallest absolute Gasteiger partial charge is 0.337 e. The lowest BCUT2D eigenvalue weighted by atomic mass is 10.1. The van der Waals surface area contributed by atoms with Crippen molar-refractivity contribution >= 4 is 5.97 Å². The van der Waals surface area contributed by atoms with Crippen molar-refractivity contribution in [2.45, 2.75) is 12.5 Å². The van der Waals surface area contributed by atoms with Crippen LogP contribution in [0.5, 0.6) is 0 Å². The van der Waals surface area contributed by atoms with Crippen molar-refractivity contribution in [2.24, 2.45) is 0 Å². The average Bonchev–Trinajstić information content (AvgIpc) is 2.46. The van der Waals surface area contributed by atoms with Gasteiger partial charge in [-0.3, -0.25) is 4.90 Å². The lowest BCUT2D eigenvalue weighted by Gasteiger charge is -2.26. The summed E-state index contributed by atoms with van der Waals surface area (Å²) in [6.07, 6.45) is -0.517. The summed E-state index contributed by atoms with van der Waals surface area (Å²) in [5.74, 6) is -1.22. The fourth-order valence-corrected chi connectivity index (χ4v) is 2.12. The van der Waals surface area contributed by atoms with Gasteiger partial charge >= 0.3 is 5.97 Å². The van der Waals surface area contributed by atoms with E-state index in [4.69, 9.17) is 9.84 Å². The molecule has 19 heavy (non-hydrogen) atoms. The van der Waals surface area contributed by atoms with Crippen LogP contribution in [0, 0.1) is 0 Å². The van der Waals surface area contributed by atoms with Crippen LogP contribution in [0.4, 0.5) is 0 Å². The van der Waals surface area contributed by atoms with E-state index in [1.54, 1.807) is 12.1 Å². The van der Waals surface area contributed by atoms with Gasteiger partial charge in [-0.05, 0) is 17.5 Å². The van der Waals surface area contributed by atoms with Gasteiger partial charge in [0.25, 0.3) is 0 Å². The van der Waals surface area contributed by atoms with E-state index in [0.717, 1.165) is 44.8 Å². The highest BCUT2D eigenvalue weighted by Gasteiger charge is 2.15. The zero-order valence-electron chi connectivity index (χ0n) is 10.8. The number of aliphatic hydroxyl groups is 1. The number of carbonyl (C=O) groups is 1. The van der Waals surface area contributed by atoms with Gasteiger partial charge in [-0.25, -0.2) is 4.79 Å². The zero-order chi connectivity index (χ0) is 13.7. The largest absolute Gasteiger partial charge is 0.479 e. The van der Waals surface area contributed by atoms with Crippen LogP contribution in [-0.4, -0.2) is 53.9 Å². The Morgan fingerprint density at radius 1 is 1.26 bits per heavy atom. The molecule has 1 unspecified atom stereocenters. The number of rotatable bonds is 5. The van der Waals surface area contributed by atoms with Gasteiger partial charge in [-0.2, -0.15) is 0 Å². The maximum absolute atomic E-state index is 10.6. The first-order valence-corrected chi connectivity index (χ1v) is 6.46. The molecule has 1 heterocycles. The van der Waals surface area contributed by atoms with E-state index in [1.165, 1.54) is 0 Å². The summed E-state index contributed by atoms with van der Waals surface area (Å²) in [4.78, 5) is 13.0. The third-order valence-electron chi connectivity index (χ3n) is 3.35. The van der Waals surface area contributed by atoms with Crippen LogP contribution in [-0.2, 0) is 16.0 Å². The second-order valence-electron chi connectivity index (χ2n) is 4.69. The maximum Gasteiger partial charge on any atom is 0.337 e. The zero-order valence-corrected chi connectivity index (χ0v) is 10.8. The lowest BCUT2D eigenvalue weighted by Crippen LogP contribution is -2.37. The van der Waals surface area contributed by atoms with E-state index in [1.807, 2.05) is 12.1 Å². The van der Waals surface area contributed by atoms with Gasteiger partial charge < -0.3 is 14.9 Å². The lowest BCUT2D eigenvalue weighted by molar-refractivity contribution is -0.146. The minimum Gasteiger partial charge on any atom is -0.479 e. The van der Waals surface area contributed by atoms with Crippen molar-refractivity contribution in [1.82, 2.24) is 4.90 Å². The van der Waals surface area contributed by atoms with E-state index in [9.17, 15) is 9.90 Å². The quantitative estimate of drug-likeness (QED) is 0.819. The second kappa shape index (κ2) is 6.65. The monoisotopic (exact) mass is 265 g/mol. The molecule has 5 nitrogen and oxygen atoms in total. The molecule has 2 rings (SSSR count). The predicted octanol–water partition coefficient (Wildman–Crippen LogP) is 0.679. The molecule has 0 aliphatic carbocycles. The number of hydrogen-bond donors (Lipinski definition) is 2. The molecule has 5 heteroatoms. The highest BCUT2D eigenvalue weighted by Crippen LogP contribution is 2.14. The van der Waals surface area contributed by atoms with E-state index in [2.05, 4.69) is 4.90 Å². The summed E-state index contributed by atoms with van der Waals surface area (Å²) in [5.41, 5.74) is 1.57. The Morgan fingerprint density at radius 2 is 1.89 bits per heavy atom. The first-order valence-electron chi connectivity index (χ1n) is 6.46. The molecular weight excluding hydrogens is 246 g/mol. The third-order valence-corrected chi connectivity index (χ3v) is 3.35. The first kappa shape index (κ1) is 14.0. The maximum atomic E-state index is 10.6. The number of hydrogen-bond acceptors (Lipinski definition) is 4. The summed E-state index contributed by atoms with van der Waals surface area (Å²) < 4.78 is 5.29. The summed E-state index contributed by atoms with van der Waals surface area (Å²) in [7, 11) is 0. The molecule has 0 spiro atoms. The Morgan fingerprint density at radius 3 is 2.47 bits per heavy atom. The Bertz CT molecular complexity index is 412. The minimum atomic E-state index is -1.44. The van der Waals surface area contributed by atoms with Crippen LogP contribution in [0.25, 0.3) is 0 Å². The fraction of sp³-hybridized carbons (Fsp3) is 0.500. The Kier molecular flexibility index (Phi) is 4.90. The SMILES string of the molecule is O=C(O)C(O)c1ccc(CCN2CCOCC2)cc1. The fourth-order valence-electron chi connectivity index (χ4n) is 2.12. The number of nitrogens with zero attached hydrogens (tertiary/aromatic N) is 1. The normalized spacial score (nSPS) is 18.2. The van der Waals surface area contributed by atoms with Gasteiger partial charge in [-0.15, -0.1) is 0 Å². The molecule has 0 saturated carbocycles. The topological polar surface area (TPSA) is 70.0 Å². The molecule has 1 aliphatic heterocycles. The summed E-state index contributed by atoms with van der Waals surface area (Å²) in [6.45, 7) is 4.50. The van der Waals surface area contributed by atoms with E-state index in [0.29, 0.717) is 5.56 Å². The molecule has 1 atom stereocenters. The first-order chi connectivity index (χ1) is 9.16. The van der Waals surface area contributed by atoms with Crippen LogP contribution >= 0.6 is 0 Å². The van der Waals surface area contributed by atoms with Crippen molar-refractivity contribution in [3.63, 3.8) is 0 Å². The Hall–Kier alpha value is -1.43. The summed E-state index contributed by atoms with van der Waals surface area (Å²) >= 11 is 0. The van der Waals surface area contributed by atoms with Crippen molar-refractivity contribution < 1.29 is 19.7 Å². The molecule has 1 aromatic rings. The highest BCUT2D eigenvalue weighted by atomic mass is 16.5. The number of ether oxygens (including phenoxy) is 1. The van der Waals surface area contributed by atoms with Crippen LogP contribution in [0.1, 0.15) is 17.2 Å². The van der Waals surface area contributed by atoms with Crippen molar-refractivity contribution in [3.05, 3.63) is 35.4 Å². The second-order valence-corrected chi connectivity index (χ2v) is 4.69. The molecule has 2 N–H and O–H groups in total. The predicted molar refractivity (Wildman–Crippen MR) is 70.0 cm³/mol. The van der Waals surface area contributed by atoms with Gasteiger partial charge in [0.05, 0.1) is 13.2 Å². The van der Waals surface area contributed by atoms with Gasteiger partial charge in [-0.1, -0.05) is 24.3 Å².